The summed E-state index contributed by atoms with van der Waals surface area (Å²) in [7, 11) is -4.07. The van der Waals surface area contributed by atoms with Crippen molar-refractivity contribution in [2.75, 3.05) is 0 Å². The fourth-order valence-corrected chi connectivity index (χ4v) is 4.58. The third kappa shape index (κ3) is 5.48. The SMILES string of the molecule is CC(C)(C)[C@H](N)C(=O)C(=O)[C@H](Cc1ccccc1)NS(=O)(=O)c1ccc2ccccc2c1. The van der Waals surface area contributed by atoms with E-state index in [1.165, 1.54) is 6.07 Å². The van der Waals surface area contributed by atoms with Crippen LogP contribution in [0, 0.1) is 5.41 Å². The number of ketones is 2. The second-order valence-corrected chi connectivity index (χ2v) is 10.7. The van der Waals surface area contributed by atoms with Gasteiger partial charge in [-0.25, -0.2) is 8.42 Å². The van der Waals surface area contributed by atoms with Crippen LogP contribution in [0.5, 0.6) is 0 Å². The van der Waals surface area contributed by atoms with Crippen LogP contribution in [0.3, 0.4) is 0 Å². The maximum atomic E-state index is 13.2. The Labute approximate surface area is 188 Å². The van der Waals surface area contributed by atoms with Gasteiger partial charge in [0.2, 0.25) is 21.6 Å². The Balaban J connectivity index is 1.94. The molecule has 3 aromatic carbocycles. The first-order valence-corrected chi connectivity index (χ1v) is 11.9. The molecule has 3 aromatic rings. The van der Waals surface area contributed by atoms with Gasteiger partial charge in [0, 0.05) is 0 Å². The minimum absolute atomic E-state index is 0.0228. The summed E-state index contributed by atoms with van der Waals surface area (Å²) in [5, 5.41) is 1.65. The summed E-state index contributed by atoms with van der Waals surface area (Å²) < 4.78 is 28.8. The first-order valence-electron chi connectivity index (χ1n) is 10.4. The highest BCUT2D eigenvalue weighted by Gasteiger charge is 2.37. The molecule has 0 saturated carbocycles. The molecule has 6 nitrogen and oxygen atoms in total. The quantitative estimate of drug-likeness (QED) is 0.510. The lowest BCUT2D eigenvalue weighted by Crippen LogP contribution is -2.53. The normalized spacial score (nSPS) is 14.1. The monoisotopic (exact) mass is 452 g/mol. The van der Waals surface area contributed by atoms with Gasteiger partial charge >= 0.3 is 0 Å². The first kappa shape index (κ1) is 23.8. The molecule has 0 unspecified atom stereocenters. The minimum Gasteiger partial charge on any atom is -0.321 e. The number of nitrogens with two attached hydrogens (primary N) is 1. The van der Waals surface area contributed by atoms with Gasteiger partial charge in [0.05, 0.1) is 17.0 Å². The topological polar surface area (TPSA) is 106 Å². The minimum atomic E-state index is -4.07. The first-order chi connectivity index (χ1) is 15.0. The molecule has 32 heavy (non-hydrogen) atoms. The molecule has 0 spiro atoms. The van der Waals surface area contributed by atoms with Gasteiger partial charge in [-0.2, -0.15) is 4.72 Å². The number of hydrogen-bond donors (Lipinski definition) is 2. The molecule has 3 rings (SSSR count). The maximum absolute atomic E-state index is 13.2. The fourth-order valence-electron chi connectivity index (χ4n) is 3.35. The number of fused-ring (bicyclic) bond motifs is 1. The standard InChI is InChI=1S/C25H28N2O4S/c1-25(2,3)24(26)23(29)22(28)21(15-17-9-5-4-6-10-17)27-32(30,31)20-14-13-18-11-7-8-12-19(18)16-20/h4-14,16,21,24,27H,15,26H2,1-3H3/t21-,24+/m0/s1. The van der Waals surface area contributed by atoms with Crippen molar-refractivity contribution in [3.8, 4) is 0 Å². The largest absolute Gasteiger partial charge is 0.321 e. The molecule has 0 aliphatic carbocycles. The zero-order valence-corrected chi connectivity index (χ0v) is 19.2. The Hall–Kier alpha value is -2.87. The third-order valence-electron chi connectivity index (χ3n) is 5.39. The van der Waals surface area contributed by atoms with Crippen molar-refractivity contribution in [2.24, 2.45) is 11.1 Å². The predicted octanol–water partition coefficient (Wildman–Crippen LogP) is 3.24. The highest BCUT2D eigenvalue weighted by atomic mass is 32.2. The van der Waals surface area contributed by atoms with Gasteiger partial charge in [-0.05, 0) is 40.3 Å². The summed E-state index contributed by atoms with van der Waals surface area (Å²) in [4.78, 5) is 25.9. The van der Waals surface area contributed by atoms with Crippen LogP contribution in [0.1, 0.15) is 26.3 Å². The van der Waals surface area contributed by atoms with Crippen molar-refractivity contribution in [2.45, 2.75) is 44.2 Å². The highest BCUT2D eigenvalue weighted by Crippen LogP contribution is 2.21. The average Bonchev–Trinajstić information content (AvgIpc) is 2.76. The van der Waals surface area contributed by atoms with Crippen LogP contribution < -0.4 is 10.5 Å². The van der Waals surface area contributed by atoms with E-state index in [0.29, 0.717) is 0 Å². The molecule has 0 heterocycles. The lowest BCUT2D eigenvalue weighted by molar-refractivity contribution is -0.139. The average molecular weight is 453 g/mol. The van der Waals surface area contributed by atoms with Crippen LogP contribution in [-0.2, 0) is 26.0 Å². The molecule has 7 heteroatoms. The molecule has 0 aliphatic rings. The Morgan fingerprint density at radius 3 is 2.09 bits per heavy atom. The zero-order valence-electron chi connectivity index (χ0n) is 18.4. The Morgan fingerprint density at radius 1 is 0.875 bits per heavy atom. The Bertz CT molecular complexity index is 1230. The van der Waals surface area contributed by atoms with Gasteiger partial charge < -0.3 is 5.73 Å². The van der Waals surface area contributed by atoms with Gasteiger partial charge in [-0.3, -0.25) is 9.59 Å². The van der Waals surface area contributed by atoms with Crippen molar-refractivity contribution >= 4 is 32.4 Å². The third-order valence-corrected chi connectivity index (χ3v) is 6.86. The van der Waals surface area contributed by atoms with E-state index in [2.05, 4.69) is 4.72 Å². The molecule has 0 aliphatic heterocycles. The second kappa shape index (κ2) is 9.32. The number of carbonyl (C=O) groups excluding carboxylic acids is 2. The summed E-state index contributed by atoms with van der Waals surface area (Å²) in [6, 6.07) is 18.8. The predicted molar refractivity (Wildman–Crippen MR) is 126 cm³/mol. The maximum Gasteiger partial charge on any atom is 0.241 e. The molecule has 2 atom stereocenters. The molecule has 0 aromatic heterocycles. The van der Waals surface area contributed by atoms with Crippen molar-refractivity contribution in [1.82, 2.24) is 4.72 Å². The molecule has 168 valence electrons. The van der Waals surface area contributed by atoms with Crippen molar-refractivity contribution in [3.63, 3.8) is 0 Å². The fraction of sp³-hybridized carbons (Fsp3) is 0.280. The van der Waals surface area contributed by atoms with Crippen molar-refractivity contribution in [3.05, 3.63) is 78.4 Å². The molecular formula is C25H28N2O4S. The summed E-state index contributed by atoms with van der Waals surface area (Å²) in [5.74, 6) is -1.64. The lowest BCUT2D eigenvalue weighted by Gasteiger charge is -2.27. The molecule has 0 radical (unpaired) electrons. The van der Waals surface area contributed by atoms with Crippen molar-refractivity contribution < 1.29 is 18.0 Å². The van der Waals surface area contributed by atoms with Gasteiger partial charge in [0.15, 0.2) is 0 Å². The van der Waals surface area contributed by atoms with E-state index in [-0.39, 0.29) is 11.3 Å². The number of benzene rings is 3. The molecule has 3 N–H and O–H groups in total. The summed E-state index contributed by atoms with van der Waals surface area (Å²) in [5.41, 5.74) is 6.10. The van der Waals surface area contributed by atoms with E-state index in [4.69, 9.17) is 5.73 Å². The number of carbonyl (C=O) groups is 2. The van der Waals surface area contributed by atoms with E-state index in [0.717, 1.165) is 16.3 Å². The van der Waals surface area contributed by atoms with Gasteiger partial charge in [-0.15, -0.1) is 0 Å². The van der Waals surface area contributed by atoms with E-state index in [1.807, 2.05) is 30.3 Å². The van der Waals surface area contributed by atoms with Crippen molar-refractivity contribution in [1.29, 1.82) is 0 Å². The number of sulfonamides is 1. The van der Waals surface area contributed by atoms with Crippen LogP contribution in [0.4, 0.5) is 0 Å². The van der Waals surface area contributed by atoms with Gasteiger partial charge in [0.25, 0.3) is 0 Å². The van der Waals surface area contributed by atoms with Crippen LogP contribution in [0.2, 0.25) is 0 Å². The highest BCUT2D eigenvalue weighted by molar-refractivity contribution is 7.89. The van der Waals surface area contributed by atoms with Crippen LogP contribution in [0.15, 0.2) is 77.7 Å². The Morgan fingerprint density at radius 2 is 1.47 bits per heavy atom. The number of nitrogens with one attached hydrogen (secondary N) is 1. The lowest BCUT2D eigenvalue weighted by atomic mass is 9.82. The van der Waals surface area contributed by atoms with Gasteiger partial charge in [-0.1, -0.05) is 81.4 Å². The second-order valence-electron chi connectivity index (χ2n) is 8.94. The van der Waals surface area contributed by atoms with Crippen LogP contribution >= 0.6 is 0 Å². The Kier molecular flexibility index (Phi) is 6.93. The number of hydrogen-bond acceptors (Lipinski definition) is 5. The molecule has 0 bridgehead atoms. The summed E-state index contributed by atoms with van der Waals surface area (Å²) in [6.07, 6.45) is 0.0368. The summed E-state index contributed by atoms with van der Waals surface area (Å²) >= 11 is 0. The smallest absolute Gasteiger partial charge is 0.241 e. The van der Waals surface area contributed by atoms with E-state index in [1.54, 1.807) is 57.2 Å². The molecular weight excluding hydrogens is 424 g/mol. The zero-order chi connectivity index (χ0) is 23.5. The van der Waals surface area contributed by atoms with E-state index >= 15 is 0 Å². The number of Topliss-reactive ketones (excluding diaryl/α,β-unsaturated/α-hetero) is 2. The summed E-state index contributed by atoms with van der Waals surface area (Å²) in [6.45, 7) is 5.27. The van der Waals surface area contributed by atoms with E-state index < -0.39 is 39.1 Å². The molecule has 0 fully saturated rings. The van der Waals surface area contributed by atoms with E-state index in [9.17, 15) is 18.0 Å². The number of rotatable bonds is 8. The molecule has 0 amide bonds. The van der Waals surface area contributed by atoms with Gasteiger partial charge in [0.1, 0.15) is 0 Å². The van der Waals surface area contributed by atoms with Crippen LogP contribution in [-0.4, -0.2) is 32.1 Å². The van der Waals surface area contributed by atoms with Crippen LogP contribution in [0.25, 0.3) is 10.8 Å². The molecule has 0 saturated heterocycles.